The standard InChI is InChI=1S/C32H47N3O/c1-32(2,3)35-24-22-33(23-25-35)26-27-18-20-34(21-19-27)31(36)17-11-10-16-30(28-12-6-4-7-13-28)29-14-8-5-9-15-29/h4-9,12-15,27,30H,10-11,16-26H2,1-3H3. The highest BCUT2D eigenvalue weighted by Crippen LogP contribution is 2.30. The second-order valence-corrected chi connectivity index (χ2v) is 11.9. The lowest BCUT2D eigenvalue weighted by Crippen LogP contribution is -2.54. The maximum absolute atomic E-state index is 12.9. The summed E-state index contributed by atoms with van der Waals surface area (Å²) in [5, 5.41) is 0. The molecule has 2 fully saturated rings. The summed E-state index contributed by atoms with van der Waals surface area (Å²) in [7, 11) is 0. The molecular formula is C32H47N3O. The third kappa shape index (κ3) is 7.66. The molecule has 2 aromatic rings. The Labute approximate surface area is 219 Å². The van der Waals surface area contributed by atoms with E-state index in [0.29, 0.717) is 18.2 Å². The first kappa shape index (κ1) is 26.9. The molecule has 0 spiro atoms. The zero-order valence-corrected chi connectivity index (χ0v) is 22.9. The normalized spacial score (nSPS) is 18.6. The van der Waals surface area contributed by atoms with Crippen LogP contribution in [0.5, 0.6) is 0 Å². The predicted octanol–water partition coefficient (Wildman–Crippen LogP) is 6.03. The smallest absolute Gasteiger partial charge is 0.222 e. The summed E-state index contributed by atoms with van der Waals surface area (Å²) in [6.07, 6.45) is 6.16. The fourth-order valence-corrected chi connectivity index (χ4v) is 6.01. The Balaban J connectivity index is 1.16. The molecule has 0 saturated carbocycles. The van der Waals surface area contributed by atoms with E-state index < -0.39 is 0 Å². The van der Waals surface area contributed by atoms with Crippen LogP contribution in [0.4, 0.5) is 0 Å². The Hall–Kier alpha value is -2.17. The number of unbranched alkanes of at least 4 members (excludes halogenated alkanes) is 1. The van der Waals surface area contributed by atoms with Crippen molar-refractivity contribution in [2.45, 2.75) is 70.8 Å². The highest BCUT2D eigenvalue weighted by Gasteiger charge is 2.28. The van der Waals surface area contributed by atoms with Gasteiger partial charge in [-0.1, -0.05) is 67.1 Å². The number of benzene rings is 2. The van der Waals surface area contributed by atoms with Gasteiger partial charge in [-0.05, 0) is 63.5 Å². The molecular weight excluding hydrogens is 442 g/mol. The van der Waals surface area contributed by atoms with Crippen molar-refractivity contribution in [3.63, 3.8) is 0 Å². The van der Waals surface area contributed by atoms with E-state index in [1.807, 2.05) is 0 Å². The number of carbonyl (C=O) groups is 1. The summed E-state index contributed by atoms with van der Waals surface area (Å²) >= 11 is 0. The first-order chi connectivity index (χ1) is 17.4. The molecule has 1 amide bonds. The third-order valence-corrected chi connectivity index (χ3v) is 8.34. The Bertz CT molecular complexity index is 868. The van der Waals surface area contributed by atoms with Gasteiger partial charge >= 0.3 is 0 Å². The van der Waals surface area contributed by atoms with Gasteiger partial charge in [-0.15, -0.1) is 0 Å². The lowest BCUT2D eigenvalue weighted by Gasteiger charge is -2.43. The van der Waals surface area contributed by atoms with Crippen molar-refractivity contribution in [1.82, 2.24) is 14.7 Å². The van der Waals surface area contributed by atoms with Crippen LogP contribution in [0.2, 0.25) is 0 Å². The molecule has 0 atom stereocenters. The quantitative estimate of drug-likeness (QED) is 0.402. The van der Waals surface area contributed by atoms with E-state index in [4.69, 9.17) is 0 Å². The minimum atomic E-state index is 0.280. The number of piperazine rings is 1. The van der Waals surface area contributed by atoms with Crippen LogP contribution in [0, 0.1) is 5.92 Å². The van der Waals surface area contributed by atoms with Crippen LogP contribution >= 0.6 is 0 Å². The Kier molecular flexibility index (Phi) is 9.61. The van der Waals surface area contributed by atoms with E-state index in [-0.39, 0.29) is 5.54 Å². The molecule has 4 nitrogen and oxygen atoms in total. The molecule has 0 N–H and O–H groups in total. The molecule has 0 radical (unpaired) electrons. The van der Waals surface area contributed by atoms with Crippen molar-refractivity contribution >= 4 is 5.91 Å². The number of rotatable bonds is 9. The largest absolute Gasteiger partial charge is 0.343 e. The number of amides is 1. The summed E-state index contributed by atoms with van der Waals surface area (Å²) in [5.41, 5.74) is 3.02. The van der Waals surface area contributed by atoms with Gasteiger partial charge in [0.15, 0.2) is 0 Å². The van der Waals surface area contributed by atoms with Gasteiger partial charge in [0.05, 0.1) is 0 Å². The predicted molar refractivity (Wildman–Crippen MR) is 150 cm³/mol. The Morgan fingerprint density at radius 2 is 1.36 bits per heavy atom. The fraction of sp³-hybridized carbons (Fsp3) is 0.594. The minimum absolute atomic E-state index is 0.280. The summed E-state index contributed by atoms with van der Waals surface area (Å²) in [4.78, 5) is 20.3. The van der Waals surface area contributed by atoms with Gasteiger partial charge < -0.3 is 9.80 Å². The summed E-state index contributed by atoms with van der Waals surface area (Å²) < 4.78 is 0. The molecule has 0 aromatic heterocycles. The van der Waals surface area contributed by atoms with Crippen LogP contribution in [0.1, 0.15) is 76.3 Å². The number of hydrogen-bond donors (Lipinski definition) is 0. The SMILES string of the molecule is CC(C)(C)N1CCN(CC2CCN(C(=O)CCCCC(c3ccccc3)c3ccccc3)CC2)CC1. The van der Waals surface area contributed by atoms with Gasteiger partial charge in [-0.25, -0.2) is 0 Å². The number of nitrogens with zero attached hydrogens (tertiary/aromatic N) is 3. The van der Waals surface area contributed by atoms with Gasteiger partial charge in [-0.3, -0.25) is 9.69 Å². The molecule has 4 rings (SSSR count). The van der Waals surface area contributed by atoms with Crippen LogP contribution < -0.4 is 0 Å². The minimum Gasteiger partial charge on any atom is -0.343 e. The van der Waals surface area contributed by atoms with E-state index in [1.165, 1.54) is 43.9 Å². The first-order valence-electron chi connectivity index (χ1n) is 14.3. The molecule has 2 aliphatic rings. The van der Waals surface area contributed by atoms with Crippen LogP contribution in [-0.2, 0) is 4.79 Å². The van der Waals surface area contributed by atoms with Gasteiger partial charge in [-0.2, -0.15) is 0 Å². The summed E-state index contributed by atoms with van der Waals surface area (Å²) in [6.45, 7) is 14.8. The van der Waals surface area contributed by atoms with Crippen LogP contribution in [0.25, 0.3) is 0 Å². The van der Waals surface area contributed by atoms with E-state index >= 15 is 0 Å². The van der Waals surface area contributed by atoms with Crippen molar-refractivity contribution in [3.05, 3.63) is 71.8 Å². The average molecular weight is 490 g/mol. The highest BCUT2D eigenvalue weighted by atomic mass is 16.2. The third-order valence-electron chi connectivity index (χ3n) is 8.34. The molecule has 0 aliphatic carbocycles. The van der Waals surface area contributed by atoms with Crippen molar-refractivity contribution in [1.29, 1.82) is 0 Å². The van der Waals surface area contributed by atoms with Crippen LogP contribution in [-0.4, -0.2) is 72.0 Å². The topological polar surface area (TPSA) is 26.8 Å². The monoisotopic (exact) mass is 489 g/mol. The molecule has 0 bridgehead atoms. The lowest BCUT2D eigenvalue weighted by atomic mass is 9.87. The van der Waals surface area contributed by atoms with Gasteiger partial charge in [0.25, 0.3) is 0 Å². The second kappa shape index (κ2) is 12.9. The summed E-state index contributed by atoms with van der Waals surface area (Å²) in [6, 6.07) is 21.6. The first-order valence-corrected chi connectivity index (χ1v) is 14.3. The maximum Gasteiger partial charge on any atom is 0.222 e. The van der Waals surface area contributed by atoms with E-state index in [1.54, 1.807) is 0 Å². The Morgan fingerprint density at radius 1 is 0.806 bits per heavy atom. The lowest BCUT2D eigenvalue weighted by molar-refractivity contribution is -0.132. The van der Waals surface area contributed by atoms with Crippen LogP contribution in [0.3, 0.4) is 0 Å². The number of piperidine rings is 1. The number of carbonyl (C=O) groups excluding carboxylic acids is 1. The maximum atomic E-state index is 12.9. The molecule has 2 aliphatic heterocycles. The second-order valence-electron chi connectivity index (χ2n) is 11.9. The van der Waals surface area contributed by atoms with E-state index in [0.717, 1.165) is 51.1 Å². The van der Waals surface area contributed by atoms with Crippen molar-refractivity contribution in [2.24, 2.45) is 5.92 Å². The molecule has 0 unspecified atom stereocenters. The number of likely N-dealkylation sites (tertiary alicyclic amines) is 1. The molecule has 36 heavy (non-hydrogen) atoms. The highest BCUT2D eigenvalue weighted by molar-refractivity contribution is 5.76. The molecule has 196 valence electrons. The molecule has 2 heterocycles. The van der Waals surface area contributed by atoms with Gasteiger partial charge in [0.1, 0.15) is 0 Å². The molecule has 2 aromatic carbocycles. The van der Waals surface area contributed by atoms with Crippen molar-refractivity contribution in [3.8, 4) is 0 Å². The zero-order chi connectivity index (χ0) is 25.4. The number of hydrogen-bond acceptors (Lipinski definition) is 3. The fourth-order valence-electron chi connectivity index (χ4n) is 6.01. The zero-order valence-electron chi connectivity index (χ0n) is 22.9. The van der Waals surface area contributed by atoms with Gasteiger partial charge in [0, 0.05) is 63.7 Å². The molecule has 2 saturated heterocycles. The van der Waals surface area contributed by atoms with Crippen molar-refractivity contribution in [2.75, 3.05) is 45.8 Å². The molecule has 4 heteroatoms. The Morgan fingerprint density at radius 3 is 1.89 bits per heavy atom. The van der Waals surface area contributed by atoms with Crippen molar-refractivity contribution < 1.29 is 4.79 Å². The summed E-state index contributed by atoms with van der Waals surface area (Å²) in [5.74, 6) is 1.51. The average Bonchev–Trinajstić information content (AvgIpc) is 2.90. The van der Waals surface area contributed by atoms with E-state index in [9.17, 15) is 4.79 Å². The van der Waals surface area contributed by atoms with Gasteiger partial charge in [0.2, 0.25) is 5.91 Å². The van der Waals surface area contributed by atoms with Crippen LogP contribution in [0.15, 0.2) is 60.7 Å². The van der Waals surface area contributed by atoms with E-state index in [2.05, 4.69) is 96.1 Å².